The number of nitrogens with zero attached hydrogens (tertiary/aromatic N) is 1. The Morgan fingerprint density at radius 1 is 0.971 bits per heavy atom. The molecule has 0 aliphatic heterocycles. The summed E-state index contributed by atoms with van der Waals surface area (Å²) in [7, 11) is 0. The summed E-state index contributed by atoms with van der Waals surface area (Å²) in [5, 5.41) is 3.59. The van der Waals surface area contributed by atoms with Crippen LogP contribution in [-0.4, -0.2) is 35.1 Å². The second-order valence-electron chi connectivity index (χ2n) is 8.52. The van der Waals surface area contributed by atoms with Crippen molar-refractivity contribution in [1.82, 2.24) is 10.2 Å². The zero-order valence-corrected chi connectivity index (χ0v) is 21.9. The lowest BCUT2D eigenvalue weighted by molar-refractivity contribution is -0.141. The van der Waals surface area contributed by atoms with Crippen LogP contribution in [0.25, 0.3) is 0 Å². The molecule has 3 aromatic carbocycles. The van der Waals surface area contributed by atoms with Gasteiger partial charge in [0.1, 0.15) is 6.04 Å². The minimum atomic E-state index is -0.628. The van der Waals surface area contributed by atoms with Gasteiger partial charge in [-0.1, -0.05) is 84.8 Å². The summed E-state index contributed by atoms with van der Waals surface area (Å²) < 4.78 is 0. The van der Waals surface area contributed by atoms with Gasteiger partial charge in [0.25, 0.3) is 0 Å². The number of carbonyl (C=O) groups excluding carboxylic acids is 2. The van der Waals surface area contributed by atoms with Crippen LogP contribution in [0.2, 0.25) is 5.02 Å². The molecule has 3 rings (SSSR count). The maximum absolute atomic E-state index is 13.6. The summed E-state index contributed by atoms with van der Waals surface area (Å²) >= 11 is 8.10. The van der Waals surface area contributed by atoms with E-state index in [1.54, 1.807) is 16.7 Å². The van der Waals surface area contributed by atoms with Crippen LogP contribution in [0, 0.1) is 6.92 Å². The van der Waals surface area contributed by atoms with Gasteiger partial charge in [0.15, 0.2) is 0 Å². The Bertz CT molecular complexity index is 1090. The minimum Gasteiger partial charge on any atom is -0.354 e. The fourth-order valence-electron chi connectivity index (χ4n) is 3.76. The number of thioether (sulfide) groups is 1. The monoisotopic (exact) mass is 508 g/mol. The number of amides is 2. The van der Waals surface area contributed by atoms with E-state index in [1.165, 1.54) is 5.56 Å². The van der Waals surface area contributed by atoms with E-state index in [2.05, 4.69) is 36.5 Å². The number of hydrogen-bond acceptors (Lipinski definition) is 3. The number of nitrogens with one attached hydrogen (secondary N) is 1. The molecule has 0 heterocycles. The largest absolute Gasteiger partial charge is 0.354 e. The lowest BCUT2D eigenvalue weighted by Crippen LogP contribution is -2.50. The van der Waals surface area contributed by atoms with Gasteiger partial charge in [-0.25, -0.2) is 0 Å². The van der Waals surface area contributed by atoms with Crippen LogP contribution in [0.3, 0.4) is 0 Å². The number of carbonyl (C=O) groups is 2. The van der Waals surface area contributed by atoms with E-state index in [0.29, 0.717) is 30.2 Å². The zero-order valence-electron chi connectivity index (χ0n) is 20.4. The van der Waals surface area contributed by atoms with Gasteiger partial charge in [-0.15, -0.1) is 11.8 Å². The second kappa shape index (κ2) is 14.0. The van der Waals surface area contributed by atoms with Gasteiger partial charge in [-0.3, -0.25) is 9.59 Å². The first kappa shape index (κ1) is 26.8. The zero-order chi connectivity index (χ0) is 25.0. The molecule has 2 amide bonds. The lowest BCUT2D eigenvalue weighted by atomic mass is 10.0. The van der Waals surface area contributed by atoms with Crippen molar-refractivity contribution < 1.29 is 9.59 Å². The van der Waals surface area contributed by atoms with E-state index in [-0.39, 0.29) is 18.4 Å². The average molecular weight is 509 g/mol. The maximum atomic E-state index is 13.6. The SMILES string of the molecule is CCCNC(=O)[C@@H](Cc1ccccc1)N(Cc1ccccc1Cl)C(=O)CCSc1ccc(C)cc1. The molecule has 0 fully saturated rings. The molecular formula is C29H33ClN2O2S. The molecule has 0 spiro atoms. The molecule has 35 heavy (non-hydrogen) atoms. The molecule has 0 aromatic heterocycles. The van der Waals surface area contributed by atoms with Crippen molar-refractivity contribution >= 4 is 35.2 Å². The number of aryl methyl sites for hydroxylation is 1. The van der Waals surface area contributed by atoms with Gasteiger partial charge in [0.05, 0.1) is 0 Å². The van der Waals surface area contributed by atoms with Crippen molar-refractivity contribution in [2.75, 3.05) is 12.3 Å². The second-order valence-corrected chi connectivity index (χ2v) is 10.1. The standard InChI is InChI=1S/C29H33ClN2O2S/c1-3-18-31-29(34)27(20-23-9-5-4-6-10-23)32(21-24-11-7-8-12-26(24)30)28(33)17-19-35-25-15-13-22(2)14-16-25/h4-16,27H,3,17-21H2,1-2H3,(H,31,34)/t27-/m1/s1. The number of halogens is 1. The molecule has 6 heteroatoms. The first-order chi connectivity index (χ1) is 17.0. The van der Waals surface area contributed by atoms with Gasteiger partial charge in [-0.2, -0.15) is 0 Å². The van der Waals surface area contributed by atoms with Crippen LogP contribution in [0.4, 0.5) is 0 Å². The van der Waals surface area contributed by atoms with E-state index in [9.17, 15) is 9.59 Å². The summed E-state index contributed by atoms with van der Waals surface area (Å²) in [5.41, 5.74) is 3.04. The molecule has 0 unspecified atom stereocenters. The number of benzene rings is 3. The maximum Gasteiger partial charge on any atom is 0.243 e. The Morgan fingerprint density at radius 2 is 1.66 bits per heavy atom. The molecular weight excluding hydrogens is 476 g/mol. The summed E-state index contributed by atoms with van der Waals surface area (Å²) in [6.45, 7) is 4.93. The van der Waals surface area contributed by atoms with Crippen molar-refractivity contribution in [2.45, 2.75) is 50.6 Å². The van der Waals surface area contributed by atoms with Crippen LogP contribution in [-0.2, 0) is 22.6 Å². The molecule has 184 valence electrons. The van der Waals surface area contributed by atoms with Crippen LogP contribution >= 0.6 is 23.4 Å². The van der Waals surface area contributed by atoms with Crippen LogP contribution in [0.15, 0.2) is 83.8 Å². The van der Waals surface area contributed by atoms with Crippen LogP contribution in [0.1, 0.15) is 36.5 Å². The molecule has 0 saturated heterocycles. The Morgan fingerprint density at radius 3 is 2.34 bits per heavy atom. The molecule has 4 nitrogen and oxygen atoms in total. The Hall–Kier alpha value is -2.76. The molecule has 0 saturated carbocycles. The van der Waals surface area contributed by atoms with E-state index in [0.717, 1.165) is 22.4 Å². The molecule has 1 N–H and O–H groups in total. The first-order valence-electron chi connectivity index (χ1n) is 12.0. The fraction of sp³-hybridized carbons (Fsp3) is 0.310. The van der Waals surface area contributed by atoms with Crippen molar-refractivity contribution in [3.8, 4) is 0 Å². The van der Waals surface area contributed by atoms with Crippen molar-refractivity contribution in [2.24, 2.45) is 0 Å². The first-order valence-corrected chi connectivity index (χ1v) is 13.4. The van der Waals surface area contributed by atoms with Gasteiger partial charge in [-0.05, 0) is 42.7 Å². The van der Waals surface area contributed by atoms with Crippen molar-refractivity contribution in [1.29, 1.82) is 0 Å². The van der Waals surface area contributed by atoms with E-state index >= 15 is 0 Å². The lowest BCUT2D eigenvalue weighted by Gasteiger charge is -2.32. The molecule has 0 radical (unpaired) electrons. The van der Waals surface area contributed by atoms with Crippen LogP contribution in [0.5, 0.6) is 0 Å². The predicted molar refractivity (Wildman–Crippen MR) is 146 cm³/mol. The Kier molecular flexibility index (Phi) is 10.7. The third kappa shape index (κ3) is 8.44. The molecule has 1 atom stereocenters. The molecule has 3 aromatic rings. The van der Waals surface area contributed by atoms with E-state index in [1.807, 2.05) is 61.5 Å². The summed E-state index contributed by atoms with van der Waals surface area (Å²) in [6.07, 6.45) is 1.60. The quantitative estimate of drug-likeness (QED) is 0.292. The third-order valence-electron chi connectivity index (χ3n) is 5.72. The topological polar surface area (TPSA) is 49.4 Å². The molecule has 0 aliphatic rings. The predicted octanol–water partition coefficient (Wildman–Crippen LogP) is 6.30. The van der Waals surface area contributed by atoms with Gasteiger partial charge >= 0.3 is 0 Å². The van der Waals surface area contributed by atoms with Crippen LogP contribution < -0.4 is 5.32 Å². The highest BCUT2D eigenvalue weighted by molar-refractivity contribution is 7.99. The fourth-order valence-corrected chi connectivity index (χ4v) is 4.80. The summed E-state index contributed by atoms with van der Waals surface area (Å²) in [4.78, 5) is 29.7. The van der Waals surface area contributed by atoms with E-state index in [4.69, 9.17) is 11.6 Å². The highest BCUT2D eigenvalue weighted by Crippen LogP contribution is 2.23. The molecule has 0 bridgehead atoms. The smallest absolute Gasteiger partial charge is 0.243 e. The van der Waals surface area contributed by atoms with Gasteiger partial charge < -0.3 is 10.2 Å². The van der Waals surface area contributed by atoms with Gasteiger partial charge in [0, 0.05) is 41.6 Å². The number of hydrogen-bond donors (Lipinski definition) is 1. The highest BCUT2D eigenvalue weighted by Gasteiger charge is 2.30. The Labute approximate surface area is 218 Å². The summed E-state index contributed by atoms with van der Waals surface area (Å²) in [6, 6.07) is 25.0. The van der Waals surface area contributed by atoms with Gasteiger partial charge in [0.2, 0.25) is 11.8 Å². The Balaban J connectivity index is 1.83. The third-order valence-corrected chi connectivity index (χ3v) is 7.11. The number of rotatable bonds is 12. The van der Waals surface area contributed by atoms with Crippen molar-refractivity contribution in [3.63, 3.8) is 0 Å². The summed E-state index contributed by atoms with van der Waals surface area (Å²) in [5.74, 6) is 0.439. The normalized spacial score (nSPS) is 11.6. The minimum absolute atomic E-state index is 0.0582. The highest BCUT2D eigenvalue weighted by atomic mass is 35.5. The van der Waals surface area contributed by atoms with Crippen molar-refractivity contribution in [3.05, 3.63) is 101 Å². The van der Waals surface area contributed by atoms with E-state index < -0.39 is 6.04 Å². The average Bonchev–Trinajstić information content (AvgIpc) is 2.87. The molecule has 0 aliphatic carbocycles.